The van der Waals surface area contributed by atoms with Gasteiger partial charge >= 0.3 is 0 Å². The molecule has 2 aromatic heterocycles. The standard InChI is InChI=1S/C13H17N3O/c1-9(2)13-11(8-17)7-15-16(13)12-6-10(3)4-5-14-12/h4-7,9,17H,8H2,1-3H3. The van der Waals surface area contributed by atoms with Gasteiger partial charge in [0.05, 0.1) is 18.5 Å². The smallest absolute Gasteiger partial charge is 0.153 e. The molecule has 0 bridgehead atoms. The Morgan fingerprint density at radius 3 is 2.76 bits per heavy atom. The number of aliphatic hydroxyl groups excluding tert-OH is 1. The van der Waals surface area contributed by atoms with Gasteiger partial charge < -0.3 is 5.11 Å². The lowest BCUT2D eigenvalue weighted by Gasteiger charge is -2.11. The maximum Gasteiger partial charge on any atom is 0.153 e. The van der Waals surface area contributed by atoms with E-state index in [9.17, 15) is 5.11 Å². The van der Waals surface area contributed by atoms with Gasteiger partial charge in [-0.25, -0.2) is 9.67 Å². The van der Waals surface area contributed by atoms with Crippen molar-refractivity contribution in [3.63, 3.8) is 0 Å². The van der Waals surface area contributed by atoms with E-state index in [1.807, 2.05) is 23.7 Å². The van der Waals surface area contributed by atoms with Gasteiger partial charge in [-0.3, -0.25) is 0 Å². The van der Waals surface area contributed by atoms with Crippen molar-refractivity contribution < 1.29 is 5.11 Å². The van der Waals surface area contributed by atoms with Gasteiger partial charge in [0, 0.05) is 11.8 Å². The first-order chi connectivity index (χ1) is 8.13. The lowest BCUT2D eigenvalue weighted by Crippen LogP contribution is -2.07. The Morgan fingerprint density at radius 1 is 1.41 bits per heavy atom. The number of pyridine rings is 1. The number of aryl methyl sites for hydroxylation is 1. The van der Waals surface area contributed by atoms with E-state index in [1.54, 1.807) is 12.4 Å². The molecule has 0 saturated heterocycles. The largest absolute Gasteiger partial charge is 0.392 e. The fraction of sp³-hybridized carbons (Fsp3) is 0.385. The molecule has 2 heterocycles. The molecule has 0 aromatic carbocycles. The maximum atomic E-state index is 9.31. The normalized spacial score (nSPS) is 11.1. The molecule has 0 fully saturated rings. The molecule has 4 nitrogen and oxygen atoms in total. The van der Waals surface area contributed by atoms with Gasteiger partial charge in [-0.2, -0.15) is 5.10 Å². The van der Waals surface area contributed by atoms with Gasteiger partial charge in [0.25, 0.3) is 0 Å². The van der Waals surface area contributed by atoms with Crippen molar-refractivity contribution in [3.8, 4) is 5.82 Å². The average Bonchev–Trinajstić information content (AvgIpc) is 2.72. The summed E-state index contributed by atoms with van der Waals surface area (Å²) in [5.41, 5.74) is 3.03. The van der Waals surface area contributed by atoms with Crippen LogP contribution in [0.1, 0.15) is 36.6 Å². The minimum atomic E-state index is 0.0132. The second kappa shape index (κ2) is 4.67. The zero-order chi connectivity index (χ0) is 12.4. The third kappa shape index (κ3) is 2.22. The number of aromatic nitrogens is 3. The van der Waals surface area contributed by atoms with Gasteiger partial charge in [0.1, 0.15) is 0 Å². The van der Waals surface area contributed by atoms with Crippen LogP contribution in [0.2, 0.25) is 0 Å². The monoisotopic (exact) mass is 231 g/mol. The van der Waals surface area contributed by atoms with E-state index in [0.29, 0.717) is 5.92 Å². The van der Waals surface area contributed by atoms with Crippen molar-refractivity contribution in [2.75, 3.05) is 0 Å². The summed E-state index contributed by atoms with van der Waals surface area (Å²) in [6.07, 6.45) is 3.48. The van der Waals surface area contributed by atoms with Gasteiger partial charge in [-0.15, -0.1) is 0 Å². The summed E-state index contributed by atoms with van der Waals surface area (Å²) in [6, 6.07) is 3.94. The van der Waals surface area contributed by atoms with E-state index in [4.69, 9.17) is 0 Å². The van der Waals surface area contributed by atoms with Crippen molar-refractivity contribution in [2.24, 2.45) is 0 Å². The summed E-state index contributed by atoms with van der Waals surface area (Å²) < 4.78 is 1.81. The number of aliphatic hydroxyl groups is 1. The van der Waals surface area contributed by atoms with Gasteiger partial charge in [0.2, 0.25) is 0 Å². The molecule has 2 rings (SSSR count). The zero-order valence-electron chi connectivity index (χ0n) is 10.4. The van der Waals surface area contributed by atoms with Crippen LogP contribution in [0, 0.1) is 6.92 Å². The van der Waals surface area contributed by atoms with Crippen molar-refractivity contribution >= 4 is 0 Å². The van der Waals surface area contributed by atoms with Crippen molar-refractivity contribution in [2.45, 2.75) is 33.3 Å². The second-order valence-electron chi connectivity index (χ2n) is 4.47. The Kier molecular flexibility index (Phi) is 3.24. The Balaban J connectivity index is 2.56. The highest BCUT2D eigenvalue weighted by atomic mass is 16.3. The zero-order valence-corrected chi connectivity index (χ0v) is 10.4. The molecular weight excluding hydrogens is 214 g/mol. The lowest BCUT2D eigenvalue weighted by molar-refractivity contribution is 0.280. The van der Waals surface area contributed by atoms with Crippen LogP contribution in [-0.2, 0) is 6.61 Å². The first kappa shape index (κ1) is 11.8. The summed E-state index contributed by atoms with van der Waals surface area (Å²) in [6.45, 7) is 6.21. The maximum absolute atomic E-state index is 9.31. The van der Waals surface area contributed by atoms with Crippen LogP contribution < -0.4 is 0 Å². The van der Waals surface area contributed by atoms with Crippen LogP contribution in [0.4, 0.5) is 0 Å². The van der Waals surface area contributed by atoms with Crippen molar-refractivity contribution in [1.82, 2.24) is 14.8 Å². The molecule has 4 heteroatoms. The van der Waals surface area contributed by atoms with Gasteiger partial charge in [-0.05, 0) is 30.5 Å². The third-order valence-electron chi connectivity index (χ3n) is 2.72. The van der Waals surface area contributed by atoms with Gasteiger partial charge in [-0.1, -0.05) is 13.8 Å². The van der Waals surface area contributed by atoms with Crippen LogP contribution in [0.3, 0.4) is 0 Å². The third-order valence-corrected chi connectivity index (χ3v) is 2.72. The predicted octanol–water partition coefficient (Wildman–Crippen LogP) is 2.19. The first-order valence-electron chi connectivity index (χ1n) is 5.74. The van der Waals surface area contributed by atoms with E-state index in [-0.39, 0.29) is 6.61 Å². The average molecular weight is 231 g/mol. The minimum absolute atomic E-state index is 0.0132. The molecule has 1 N–H and O–H groups in total. The molecule has 0 spiro atoms. The number of hydrogen-bond donors (Lipinski definition) is 1. The summed E-state index contributed by atoms with van der Waals surface area (Å²) in [5.74, 6) is 1.09. The highest BCUT2D eigenvalue weighted by Gasteiger charge is 2.15. The van der Waals surface area contributed by atoms with Crippen LogP contribution >= 0.6 is 0 Å². The van der Waals surface area contributed by atoms with E-state index in [0.717, 1.165) is 22.6 Å². The molecule has 2 aromatic rings. The van der Waals surface area contributed by atoms with Crippen LogP contribution in [0.25, 0.3) is 5.82 Å². The van der Waals surface area contributed by atoms with Crippen LogP contribution in [0.5, 0.6) is 0 Å². The molecule has 0 radical (unpaired) electrons. The summed E-state index contributed by atoms with van der Waals surface area (Å²) in [7, 11) is 0. The number of rotatable bonds is 3. The topological polar surface area (TPSA) is 50.9 Å². The second-order valence-corrected chi connectivity index (χ2v) is 4.47. The summed E-state index contributed by atoms with van der Waals surface area (Å²) >= 11 is 0. The molecule has 0 unspecified atom stereocenters. The molecule has 0 aliphatic rings. The summed E-state index contributed by atoms with van der Waals surface area (Å²) in [4.78, 5) is 4.32. The highest BCUT2D eigenvalue weighted by Crippen LogP contribution is 2.22. The predicted molar refractivity (Wildman–Crippen MR) is 66.1 cm³/mol. The molecule has 0 aliphatic carbocycles. The fourth-order valence-electron chi connectivity index (χ4n) is 1.95. The Morgan fingerprint density at radius 2 is 2.18 bits per heavy atom. The molecule has 17 heavy (non-hydrogen) atoms. The van der Waals surface area contributed by atoms with E-state index >= 15 is 0 Å². The highest BCUT2D eigenvalue weighted by molar-refractivity contribution is 5.32. The fourth-order valence-corrected chi connectivity index (χ4v) is 1.95. The molecular formula is C13H17N3O. The van der Waals surface area contributed by atoms with E-state index in [1.165, 1.54) is 0 Å². The summed E-state index contributed by atoms with van der Waals surface area (Å²) in [5, 5.41) is 13.6. The van der Waals surface area contributed by atoms with Gasteiger partial charge in [0.15, 0.2) is 5.82 Å². The number of nitrogens with zero attached hydrogens (tertiary/aromatic N) is 3. The van der Waals surface area contributed by atoms with Crippen molar-refractivity contribution in [3.05, 3.63) is 41.3 Å². The van der Waals surface area contributed by atoms with Crippen LogP contribution in [-0.4, -0.2) is 19.9 Å². The first-order valence-corrected chi connectivity index (χ1v) is 5.74. The molecule has 0 saturated carbocycles. The Labute approximate surface area is 101 Å². The van der Waals surface area contributed by atoms with Crippen LogP contribution in [0.15, 0.2) is 24.5 Å². The molecule has 0 atom stereocenters. The minimum Gasteiger partial charge on any atom is -0.392 e. The quantitative estimate of drug-likeness (QED) is 0.881. The SMILES string of the molecule is Cc1ccnc(-n2ncc(CO)c2C(C)C)c1. The van der Waals surface area contributed by atoms with Crippen molar-refractivity contribution in [1.29, 1.82) is 0 Å². The Hall–Kier alpha value is -1.68. The Bertz CT molecular complexity index is 517. The molecule has 90 valence electrons. The molecule has 0 amide bonds. The molecule has 0 aliphatic heterocycles. The lowest BCUT2D eigenvalue weighted by atomic mass is 10.1. The number of hydrogen-bond acceptors (Lipinski definition) is 3. The van der Waals surface area contributed by atoms with E-state index in [2.05, 4.69) is 23.9 Å². The van der Waals surface area contributed by atoms with E-state index < -0.39 is 0 Å².